The summed E-state index contributed by atoms with van der Waals surface area (Å²) >= 11 is 0. The van der Waals surface area contributed by atoms with Crippen molar-refractivity contribution < 1.29 is 10.1 Å². The molecule has 0 heterocycles. The van der Waals surface area contributed by atoms with Gasteiger partial charge in [-0.25, -0.2) is 4.89 Å². The number of hydrogen-bond acceptors (Lipinski definition) is 3. The quantitative estimate of drug-likeness (QED) is 0.371. The minimum atomic E-state index is -0.704. The van der Waals surface area contributed by atoms with Crippen LogP contribution in [0.15, 0.2) is 0 Å². The highest BCUT2D eigenvalue weighted by molar-refractivity contribution is 4.77. The van der Waals surface area contributed by atoms with Gasteiger partial charge in [0.25, 0.3) is 0 Å². The van der Waals surface area contributed by atoms with Crippen molar-refractivity contribution in [3.8, 4) is 6.07 Å². The van der Waals surface area contributed by atoms with E-state index in [4.69, 9.17) is 10.5 Å². The van der Waals surface area contributed by atoms with Gasteiger partial charge in [-0.15, -0.1) is 0 Å². The maximum Gasteiger partial charge on any atom is 0.176 e. The summed E-state index contributed by atoms with van der Waals surface area (Å²) in [5.74, 6) is 0. The number of hydrogen-bond donors (Lipinski definition) is 1. The summed E-state index contributed by atoms with van der Waals surface area (Å²) in [6.07, 6.45) is -0.704. The average Bonchev–Trinajstić information content (AvgIpc) is 1.65. The molecule has 0 saturated carbocycles. The van der Waals surface area contributed by atoms with Crippen molar-refractivity contribution in [1.82, 2.24) is 0 Å². The molecule has 34 valence electrons. The van der Waals surface area contributed by atoms with E-state index < -0.39 is 6.10 Å². The molecule has 0 fully saturated rings. The third-order valence-electron chi connectivity index (χ3n) is 0.340. The van der Waals surface area contributed by atoms with E-state index >= 15 is 0 Å². The van der Waals surface area contributed by atoms with Gasteiger partial charge in [0.1, 0.15) is 0 Å². The molecular weight excluding hydrogens is 82.0 g/mol. The lowest BCUT2D eigenvalue weighted by Crippen LogP contribution is -1.98. The Morgan fingerprint density at radius 2 is 2.50 bits per heavy atom. The minimum Gasteiger partial charge on any atom is -0.250 e. The van der Waals surface area contributed by atoms with Crippen LogP contribution in [0.3, 0.4) is 0 Å². The first-order chi connectivity index (χ1) is 2.81. The van der Waals surface area contributed by atoms with E-state index in [2.05, 4.69) is 4.89 Å². The first-order valence-corrected chi connectivity index (χ1v) is 1.51. The summed E-state index contributed by atoms with van der Waals surface area (Å²) in [5, 5.41) is 15.4. The van der Waals surface area contributed by atoms with Crippen LogP contribution in [0.5, 0.6) is 0 Å². The van der Waals surface area contributed by atoms with Crippen LogP contribution in [0, 0.1) is 11.3 Å². The lowest BCUT2D eigenvalue weighted by Gasteiger charge is -1.88. The topological polar surface area (TPSA) is 53.2 Å². The molecule has 0 rings (SSSR count). The normalized spacial score (nSPS) is 12.8. The molecule has 1 unspecified atom stereocenters. The van der Waals surface area contributed by atoms with Gasteiger partial charge < -0.3 is 0 Å². The highest BCUT2D eigenvalue weighted by atomic mass is 17.1. The molecule has 1 N–H and O–H groups in total. The third kappa shape index (κ3) is 1.70. The van der Waals surface area contributed by atoms with E-state index in [0.717, 1.165) is 0 Å². The summed E-state index contributed by atoms with van der Waals surface area (Å²) in [4.78, 5) is 3.54. The Hall–Kier alpha value is -0.590. The van der Waals surface area contributed by atoms with Gasteiger partial charge in [-0.05, 0) is 6.92 Å². The van der Waals surface area contributed by atoms with Gasteiger partial charge in [-0.1, -0.05) is 0 Å². The van der Waals surface area contributed by atoms with Crippen molar-refractivity contribution in [1.29, 1.82) is 5.26 Å². The molecule has 0 aromatic rings. The molecule has 0 spiro atoms. The summed E-state index contributed by atoms with van der Waals surface area (Å²) in [5.41, 5.74) is 0. The van der Waals surface area contributed by atoms with Gasteiger partial charge >= 0.3 is 0 Å². The van der Waals surface area contributed by atoms with Crippen LogP contribution >= 0.6 is 0 Å². The Balaban J connectivity index is 3.04. The predicted molar refractivity (Wildman–Crippen MR) is 18.8 cm³/mol. The van der Waals surface area contributed by atoms with Crippen LogP contribution in [0.1, 0.15) is 6.92 Å². The average molecular weight is 87.1 g/mol. The highest BCUT2D eigenvalue weighted by Gasteiger charge is 1.91. The standard InChI is InChI=1S/C3H5NO2/c1-3(2-4)6-5/h3,5H,1H3. The lowest BCUT2D eigenvalue weighted by atomic mass is 10.5. The van der Waals surface area contributed by atoms with Crippen LogP contribution in [-0.2, 0) is 4.89 Å². The monoisotopic (exact) mass is 87.0 g/mol. The number of rotatable bonds is 1. The van der Waals surface area contributed by atoms with Crippen molar-refractivity contribution in [2.24, 2.45) is 0 Å². The fourth-order valence-corrected chi connectivity index (χ4v) is 0.0236. The van der Waals surface area contributed by atoms with Crippen molar-refractivity contribution in [3.05, 3.63) is 0 Å². The van der Waals surface area contributed by atoms with Crippen LogP contribution in [0.25, 0.3) is 0 Å². The SMILES string of the molecule is CC(C#N)OO. The number of nitriles is 1. The van der Waals surface area contributed by atoms with E-state index in [-0.39, 0.29) is 0 Å². The van der Waals surface area contributed by atoms with Crippen molar-refractivity contribution >= 4 is 0 Å². The summed E-state index contributed by atoms with van der Waals surface area (Å²) in [6, 6.07) is 1.64. The molecule has 0 bridgehead atoms. The molecule has 1 atom stereocenters. The van der Waals surface area contributed by atoms with Crippen LogP contribution in [0.2, 0.25) is 0 Å². The molecule has 0 saturated heterocycles. The zero-order chi connectivity index (χ0) is 4.99. The number of nitrogens with zero attached hydrogens (tertiary/aromatic N) is 1. The molecule has 6 heavy (non-hydrogen) atoms. The fourth-order valence-electron chi connectivity index (χ4n) is 0.0236. The molecule has 0 aromatic heterocycles. The zero-order valence-corrected chi connectivity index (χ0v) is 3.38. The van der Waals surface area contributed by atoms with E-state index in [1.807, 2.05) is 0 Å². The zero-order valence-electron chi connectivity index (χ0n) is 3.38. The molecule has 0 aromatic carbocycles. The van der Waals surface area contributed by atoms with Crippen LogP contribution in [-0.4, -0.2) is 11.4 Å². The Morgan fingerprint density at radius 1 is 2.00 bits per heavy atom. The van der Waals surface area contributed by atoms with Crippen molar-refractivity contribution in [3.63, 3.8) is 0 Å². The summed E-state index contributed by atoms with van der Waals surface area (Å²) in [6.45, 7) is 1.44. The van der Waals surface area contributed by atoms with Gasteiger partial charge in [0, 0.05) is 0 Å². The maximum absolute atomic E-state index is 7.80. The third-order valence-corrected chi connectivity index (χ3v) is 0.340. The summed E-state index contributed by atoms with van der Waals surface area (Å²) in [7, 11) is 0. The lowest BCUT2D eigenvalue weighted by molar-refractivity contribution is -0.259. The van der Waals surface area contributed by atoms with E-state index in [1.54, 1.807) is 6.07 Å². The largest absolute Gasteiger partial charge is 0.250 e. The van der Waals surface area contributed by atoms with Crippen molar-refractivity contribution in [2.45, 2.75) is 13.0 Å². The van der Waals surface area contributed by atoms with Gasteiger partial charge in [-0.2, -0.15) is 5.26 Å². The fraction of sp³-hybridized carbons (Fsp3) is 0.667. The Bertz CT molecular complexity index is 65.7. The first kappa shape index (κ1) is 5.41. The molecular formula is C3H5NO2. The Kier molecular flexibility index (Phi) is 2.38. The summed E-state index contributed by atoms with van der Waals surface area (Å²) < 4.78 is 0. The Morgan fingerprint density at radius 3 is 2.50 bits per heavy atom. The van der Waals surface area contributed by atoms with E-state index in [1.165, 1.54) is 6.92 Å². The second-order valence-corrected chi connectivity index (χ2v) is 0.877. The second-order valence-electron chi connectivity index (χ2n) is 0.877. The Labute approximate surface area is 35.7 Å². The van der Waals surface area contributed by atoms with E-state index in [0.29, 0.717) is 0 Å². The van der Waals surface area contributed by atoms with E-state index in [9.17, 15) is 0 Å². The molecule has 0 aliphatic carbocycles. The van der Waals surface area contributed by atoms with Crippen LogP contribution < -0.4 is 0 Å². The molecule has 0 aliphatic rings. The van der Waals surface area contributed by atoms with Crippen molar-refractivity contribution in [2.75, 3.05) is 0 Å². The van der Waals surface area contributed by atoms with Gasteiger partial charge in [0.05, 0.1) is 6.07 Å². The highest BCUT2D eigenvalue weighted by Crippen LogP contribution is 1.78. The first-order valence-electron chi connectivity index (χ1n) is 1.51. The molecule has 0 amide bonds. The molecule has 3 heteroatoms. The maximum atomic E-state index is 7.80. The van der Waals surface area contributed by atoms with Gasteiger partial charge in [0.2, 0.25) is 0 Å². The van der Waals surface area contributed by atoms with Gasteiger partial charge in [-0.3, -0.25) is 5.26 Å². The minimum absolute atomic E-state index is 0.704. The predicted octanol–water partition coefficient (Wildman–Crippen LogP) is 0.388. The molecule has 3 nitrogen and oxygen atoms in total. The van der Waals surface area contributed by atoms with Gasteiger partial charge in [0.15, 0.2) is 6.10 Å². The van der Waals surface area contributed by atoms with Crippen LogP contribution in [0.4, 0.5) is 0 Å². The molecule has 0 radical (unpaired) electrons. The smallest absolute Gasteiger partial charge is 0.176 e. The molecule has 0 aliphatic heterocycles. The second kappa shape index (κ2) is 2.64.